The van der Waals surface area contributed by atoms with Crippen LogP contribution in [0, 0.1) is 5.95 Å². The summed E-state index contributed by atoms with van der Waals surface area (Å²) >= 11 is 3.38. The SMILES string of the molecule is CCC(NC(=O)c1ccc(F)nc1)c1ccc(Br)cc1. The van der Waals surface area contributed by atoms with E-state index in [-0.39, 0.29) is 11.9 Å². The van der Waals surface area contributed by atoms with Gasteiger partial charge in [-0.05, 0) is 36.2 Å². The fraction of sp³-hybridized carbons (Fsp3) is 0.200. The lowest BCUT2D eigenvalue weighted by atomic mass is 10.0. The van der Waals surface area contributed by atoms with Crippen LogP contribution in [0.5, 0.6) is 0 Å². The van der Waals surface area contributed by atoms with E-state index >= 15 is 0 Å². The Kier molecular flexibility index (Phi) is 4.84. The molecule has 104 valence electrons. The lowest BCUT2D eigenvalue weighted by Crippen LogP contribution is -2.28. The highest BCUT2D eigenvalue weighted by Crippen LogP contribution is 2.19. The van der Waals surface area contributed by atoms with E-state index in [4.69, 9.17) is 0 Å². The van der Waals surface area contributed by atoms with Crippen molar-refractivity contribution in [2.75, 3.05) is 0 Å². The van der Waals surface area contributed by atoms with Gasteiger partial charge in [0, 0.05) is 10.7 Å². The predicted molar refractivity (Wildman–Crippen MR) is 78.8 cm³/mol. The first-order valence-corrected chi connectivity index (χ1v) is 7.07. The quantitative estimate of drug-likeness (QED) is 0.861. The number of amides is 1. The molecular formula is C15H14BrFN2O. The van der Waals surface area contributed by atoms with E-state index in [2.05, 4.69) is 26.2 Å². The summed E-state index contributed by atoms with van der Waals surface area (Å²) in [7, 11) is 0. The Hall–Kier alpha value is -1.75. The monoisotopic (exact) mass is 336 g/mol. The summed E-state index contributed by atoms with van der Waals surface area (Å²) in [6, 6.07) is 10.3. The summed E-state index contributed by atoms with van der Waals surface area (Å²) < 4.78 is 13.7. The number of carbonyl (C=O) groups is 1. The average Bonchev–Trinajstić information content (AvgIpc) is 2.46. The fourth-order valence-electron chi connectivity index (χ4n) is 1.87. The van der Waals surface area contributed by atoms with Gasteiger partial charge in [0.1, 0.15) is 0 Å². The minimum atomic E-state index is -0.596. The highest BCUT2D eigenvalue weighted by atomic mass is 79.9. The number of rotatable bonds is 4. The maximum absolute atomic E-state index is 12.7. The molecule has 0 aliphatic rings. The molecule has 1 atom stereocenters. The molecule has 3 nitrogen and oxygen atoms in total. The van der Waals surface area contributed by atoms with Crippen molar-refractivity contribution in [2.45, 2.75) is 19.4 Å². The first kappa shape index (κ1) is 14.7. The van der Waals surface area contributed by atoms with Gasteiger partial charge < -0.3 is 5.32 Å². The first-order chi connectivity index (χ1) is 9.60. The van der Waals surface area contributed by atoms with E-state index < -0.39 is 5.95 Å². The molecule has 0 spiro atoms. The van der Waals surface area contributed by atoms with Gasteiger partial charge in [0.2, 0.25) is 5.95 Å². The number of halogens is 2. The number of nitrogens with zero attached hydrogens (tertiary/aromatic N) is 1. The summed E-state index contributed by atoms with van der Waals surface area (Å²) in [6.45, 7) is 2.00. The highest BCUT2D eigenvalue weighted by Gasteiger charge is 2.14. The molecule has 0 bridgehead atoms. The van der Waals surface area contributed by atoms with Crippen LogP contribution in [-0.2, 0) is 0 Å². The standard InChI is InChI=1S/C15H14BrFN2O/c1-2-13(10-3-6-12(16)7-4-10)19-15(20)11-5-8-14(17)18-9-11/h3-9,13H,2H2,1H3,(H,19,20). The molecular weight excluding hydrogens is 323 g/mol. The maximum Gasteiger partial charge on any atom is 0.253 e. The number of pyridine rings is 1. The van der Waals surface area contributed by atoms with Crippen molar-refractivity contribution < 1.29 is 9.18 Å². The fourth-order valence-corrected chi connectivity index (χ4v) is 2.13. The van der Waals surface area contributed by atoms with Crippen molar-refractivity contribution in [1.82, 2.24) is 10.3 Å². The summed E-state index contributed by atoms with van der Waals surface area (Å²) in [5.74, 6) is -0.853. The van der Waals surface area contributed by atoms with Crippen molar-refractivity contribution in [3.8, 4) is 0 Å². The Morgan fingerprint density at radius 3 is 2.55 bits per heavy atom. The Morgan fingerprint density at radius 2 is 2.00 bits per heavy atom. The lowest BCUT2D eigenvalue weighted by Gasteiger charge is -2.17. The largest absolute Gasteiger partial charge is 0.345 e. The molecule has 5 heteroatoms. The number of nitrogens with one attached hydrogen (secondary N) is 1. The zero-order valence-corrected chi connectivity index (χ0v) is 12.5. The topological polar surface area (TPSA) is 42.0 Å². The van der Waals surface area contributed by atoms with Gasteiger partial charge >= 0.3 is 0 Å². The van der Waals surface area contributed by atoms with Crippen LogP contribution in [0.25, 0.3) is 0 Å². The molecule has 1 N–H and O–H groups in total. The van der Waals surface area contributed by atoms with Crippen molar-refractivity contribution in [3.63, 3.8) is 0 Å². The molecule has 0 radical (unpaired) electrons. The minimum absolute atomic E-state index is 0.0827. The molecule has 0 saturated carbocycles. The van der Waals surface area contributed by atoms with Gasteiger partial charge in [-0.2, -0.15) is 4.39 Å². The van der Waals surface area contributed by atoms with Gasteiger partial charge in [0.15, 0.2) is 0 Å². The van der Waals surface area contributed by atoms with Crippen molar-refractivity contribution in [3.05, 3.63) is 64.1 Å². The molecule has 0 saturated heterocycles. The maximum atomic E-state index is 12.7. The van der Waals surface area contributed by atoms with E-state index in [1.165, 1.54) is 18.3 Å². The van der Waals surface area contributed by atoms with Gasteiger partial charge in [0.25, 0.3) is 5.91 Å². The van der Waals surface area contributed by atoms with E-state index in [0.717, 1.165) is 16.5 Å². The van der Waals surface area contributed by atoms with E-state index in [1.54, 1.807) is 0 Å². The second kappa shape index (κ2) is 6.61. The van der Waals surface area contributed by atoms with Gasteiger partial charge in [-0.1, -0.05) is 35.0 Å². The van der Waals surface area contributed by atoms with E-state index in [0.29, 0.717) is 5.56 Å². The molecule has 0 aliphatic carbocycles. The molecule has 1 heterocycles. The van der Waals surface area contributed by atoms with Gasteiger partial charge in [-0.25, -0.2) is 4.98 Å². The van der Waals surface area contributed by atoms with Crippen LogP contribution in [0.1, 0.15) is 35.3 Å². The molecule has 1 unspecified atom stereocenters. The van der Waals surface area contributed by atoms with Crippen LogP contribution in [0.4, 0.5) is 4.39 Å². The Labute approximate surface area is 125 Å². The Balaban J connectivity index is 2.11. The van der Waals surface area contributed by atoms with Crippen LogP contribution in [-0.4, -0.2) is 10.9 Å². The number of hydrogen-bond acceptors (Lipinski definition) is 2. The van der Waals surface area contributed by atoms with Crippen LogP contribution in [0.15, 0.2) is 47.1 Å². The second-order valence-electron chi connectivity index (χ2n) is 4.36. The third-order valence-corrected chi connectivity index (χ3v) is 3.50. The van der Waals surface area contributed by atoms with Crippen LogP contribution < -0.4 is 5.32 Å². The van der Waals surface area contributed by atoms with Crippen molar-refractivity contribution in [2.24, 2.45) is 0 Å². The summed E-state index contributed by atoms with van der Waals surface area (Å²) in [4.78, 5) is 15.6. The molecule has 2 rings (SSSR count). The Bertz CT molecular complexity index is 584. The zero-order valence-electron chi connectivity index (χ0n) is 10.9. The predicted octanol–water partition coefficient (Wildman–Crippen LogP) is 3.86. The van der Waals surface area contributed by atoms with Crippen LogP contribution in [0.2, 0.25) is 0 Å². The van der Waals surface area contributed by atoms with Gasteiger partial charge in [0.05, 0.1) is 11.6 Å². The number of carbonyl (C=O) groups excluding carboxylic acids is 1. The summed E-state index contributed by atoms with van der Waals surface area (Å²) in [6.07, 6.45) is 2.00. The van der Waals surface area contributed by atoms with Crippen molar-refractivity contribution in [1.29, 1.82) is 0 Å². The first-order valence-electron chi connectivity index (χ1n) is 6.28. The number of aromatic nitrogens is 1. The number of benzene rings is 1. The smallest absolute Gasteiger partial charge is 0.253 e. The highest BCUT2D eigenvalue weighted by molar-refractivity contribution is 9.10. The molecule has 1 aromatic heterocycles. The van der Waals surface area contributed by atoms with Crippen LogP contribution in [0.3, 0.4) is 0 Å². The molecule has 1 aromatic carbocycles. The van der Waals surface area contributed by atoms with E-state index in [9.17, 15) is 9.18 Å². The molecule has 20 heavy (non-hydrogen) atoms. The lowest BCUT2D eigenvalue weighted by molar-refractivity contribution is 0.0935. The van der Waals surface area contributed by atoms with Gasteiger partial charge in [-0.15, -0.1) is 0 Å². The molecule has 0 aliphatic heterocycles. The Morgan fingerprint density at radius 1 is 1.30 bits per heavy atom. The third-order valence-electron chi connectivity index (χ3n) is 2.98. The third kappa shape index (κ3) is 3.63. The van der Waals surface area contributed by atoms with Crippen molar-refractivity contribution >= 4 is 21.8 Å². The minimum Gasteiger partial charge on any atom is -0.345 e. The normalized spacial score (nSPS) is 11.9. The number of hydrogen-bond donors (Lipinski definition) is 1. The molecule has 1 amide bonds. The summed E-state index contributed by atoms with van der Waals surface area (Å²) in [5.41, 5.74) is 1.38. The average molecular weight is 337 g/mol. The van der Waals surface area contributed by atoms with Gasteiger partial charge in [-0.3, -0.25) is 4.79 Å². The van der Waals surface area contributed by atoms with Crippen LogP contribution >= 0.6 is 15.9 Å². The molecule has 0 fully saturated rings. The zero-order chi connectivity index (χ0) is 14.5. The second-order valence-corrected chi connectivity index (χ2v) is 5.27. The van der Waals surface area contributed by atoms with E-state index in [1.807, 2.05) is 31.2 Å². The summed E-state index contributed by atoms with van der Waals surface area (Å²) in [5, 5.41) is 2.92. The molecule has 2 aromatic rings.